The van der Waals surface area contributed by atoms with Gasteiger partial charge in [-0.05, 0) is 24.3 Å². The molecule has 0 atom stereocenters. The molecule has 0 aliphatic heterocycles. The Morgan fingerprint density at radius 3 is 2.29 bits per heavy atom. The predicted octanol–water partition coefficient (Wildman–Crippen LogP) is 2.02. The third-order valence-electron chi connectivity index (χ3n) is 4.44. The molecule has 0 spiro atoms. The summed E-state index contributed by atoms with van der Waals surface area (Å²) in [4.78, 5) is 41.0. The summed E-state index contributed by atoms with van der Waals surface area (Å²) in [6.45, 7) is 1.11. The number of rotatable bonds is 7. The lowest BCUT2D eigenvalue weighted by Gasteiger charge is -2.13. The van der Waals surface area contributed by atoms with E-state index in [9.17, 15) is 14.4 Å². The molecule has 10 heteroatoms. The summed E-state index contributed by atoms with van der Waals surface area (Å²) in [6, 6.07) is 7.95. The first-order chi connectivity index (χ1) is 14.9. The molecule has 0 saturated carbocycles. The minimum atomic E-state index is -0.470. The molecule has 2 aromatic carbocycles. The van der Waals surface area contributed by atoms with Crippen LogP contribution in [0.15, 0.2) is 41.5 Å². The molecule has 1 aromatic heterocycles. The fourth-order valence-electron chi connectivity index (χ4n) is 3.03. The second-order valence-electron chi connectivity index (χ2n) is 6.55. The molecule has 2 amide bonds. The summed E-state index contributed by atoms with van der Waals surface area (Å²) >= 11 is 0. The molecule has 10 nitrogen and oxygen atoms in total. The molecule has 0 aliphatic carbocycles. The summed E-state index contributed by atoms with van der Waals surface area (Å²) in [5.41, 5.74) is 0.866. The molecule has 3 aromatic rings. The molecule has 0 bridgehead atoms. The van der Waals surface area contributed by atoms with Crippen LogP contribution in [0.1, 0.15) is 6.92 Å². The molecule has 1 heterocycles. The van der Waals surface area contributed by atoms with Crippen LogP contribution in [-0.4, -0.2) is 42.7 Å². The highest BCUT2D eigenvalue weighted by atomic mass is 16.5. The van der Waals surface area contributed by atoms with Crippen LogP contribution in [0, 0.1) is 0 Å². The van der Waals surface area contributed by atoms with Gasteiger partial charge in [-0.2, -0.15) is 0 Å². The van der Waals surface area contributed by atoms with E-state index >= 15 is 0 Å². The van der Waals surface area contributed by atoms with E-state index in [1.54, 1.807) is 24.3 Å². The molecule has 0 aliphatic rings. The average molecular weight is 426 g/mol. The van der Waals surface area contributed by atoms with Crippen LogP contribution in [0.2, 0.25) is 0 Å². The lowest BCUT2D eigenvalue weighted by atomic mass is 10.2. The number of fused-ring (bicyclic) bond motifs is 1. The number of hydrogen-bond acceptors (Lipinski definition) is 7. The fourth-order valence-corrected chi connectivity index (χ4v) is 3.03. The van der Waals surface area contributed by atoms with Gasteiger partial charge in [0.2, 0.25) is 11.8 Å². The number of nitrogens with one attached hydrogen (secondary N) is 2. The summed E-state index contributed by atoms with van der Waals surface area (Å²) in [6.07, 6.45) is 1.29. The zero-order valence-electron chi connectivity index (χ0n) is 17.5. The van der Waals surface area contributed by atoms with Crippen molar-refractivity contribution < 1.29 is 23.8 Å². The Bertz CT molecular complexity index is 1200. The number of carbonyl (C=O) groups excluding carboxylic acids is 2. The Kier molecular flexibility index (Phi) is 6.39. The number of anilines is 2. The van der Waals surface area contributed by atoms with Gasteiger partial charge >= 0.3 is 0 Å². The van der Waals surface area contributed by atoms with Crippen molar-refractivity contribution in [3.63, 3.8) is 0 Å². The van der Waals surface area contributed by atoms with Crippen molar-refractivity contribution >= 4 is 34.1 Å². The number of methoxy groups -OCH3 is 3. The van der Waals surface area contributed by atoms with Crippen LogP contribution in [0.4, 0.5) is 11.4 Å². The molecule has 2 N–H and O–H groups in total. The Morgan fingerprint density at radius 2 is 1.65 bits per heavy atom. The van der Waals surface area contributed by atoms with Gasteiger partial charge in [-0.25, -0.2) is 4.98 Å². The van der Waals surface area contributed by atoms with Crippen molar-refractivity contribution in [1.29, 1.82) is 0 Å². The number of hydrogen-bond donors (Lipinski definition) is 2. The second-order valence-corrected chi connectivity index (χ2v) is 6.55. The maximum atomic E-state index is 12.9. The smallest absolute Gasteiger partial charge is 0.261 e. The van der Waals surface area contributed by atoms with Gasteiger partial charge in [-0.3, -0.25) is 19.0 Å². The van der Waals surface area contributed by atoms with Gasteiger partial charge in [0.05, 0.1) is 44.2 Å². The number of nitrogens with zero attached hydrogens (tertiary/aromatic N) is 2. The van der Waals surface area contributed by atoms with E-state index in [0.717, 1.165) is 0 Å². The van der Waals surface area contributed by atoms with Crippen LogP contribution in [-0.2, 0) is 16.1 Å². The van der Waals surface area contributed by atoms with Crippen molar-refractivity contribution in [2.45, 2.75) is 13.5 Å². The van der Waals surface area contributed by atoms with Crippen molar-refractivity contribution in [3.05, 3.63) is 47.0 Å². The Morgan fingerprint density at radius 1 is 0.968 bits per heavy atom. The summed E-state index contributed by atoms with van der Waals surface area (Å²) < 4.78 is 16.9. The molecule has 0 saturated heterocycles. The van der Waals surface area contributed by atoms with E-state index in [2.05, 4.69) is 15.6 Å². The number of ether oxygens (including phenoxy) is 3. The Hall–Kier alpha value is -4.08. The first kappa shape index (κ1) is 21.6. The monoisotopic (exact) mass is 426 g/mol. The van der Waals surface area contributed by atoms with Crippen LogP contribution in [0.25, 0.3) is 10.9 Å². The molecule has 31 heavy (non-hydrogen) atoms. The zero-order valence-corrected chi connectivity index (χ0v) is 17.5. The SMILES string of the molecule is COc1ccc(NC(C)=O)cc1NC(=O)Cn1cnc2cc(OC)c(OC)cc2c1=O. The first-order valence-corrected chi connectivity index (χ1v) is 9.23. The van der Waals surface area contributed by atoms with Crippen molar-refractivity contribution in [2.24, 2.45) is 0 Å². The van der Waals surface area contributed by atoms with E-state index in [0.29, 0.717) is 34.1 Å². The lowest BCUT2D eigenvalue weighted by molar-refractivity contribution is -0.117. The van der Waals surface area contributed by atoms with Crippen molar-refractivity contribution in [1.82, 2.24) is 9.55 Å². The van der Waals surface area contributed by atoms with E-state index in [1.165, 1.54) is 45.2 Å². The molecule has 162 valence electrons. The van der Waals surface area contributed by atoms with E-state index < -0.39 is 11.5 Å². The first-order valence-electron chi connectivity index (χ1n) is 9.23. The minimum Gasteiger partial charge on any atom is -0.495 e. The van der Waals surface area contributed by atoms with Gasteiger partial charge in [0.15, 0.2) is 11.5 Å². The minimum absolute atomic E-state index is 0.247. The zero-order chi connectivity index (χ0) is 22.5. The highest BCUT2D eigenvalue weighted by molar-refractivity contribution is 5.95. The van der Waals surface area contributed by atoms with Gasteiger partial charge in [-0.15, -0.1) is 0 Å². The Labute approximate surface area is 177 Å². The van der Waals surface area contributed by atoms with Gasteiger partial charge in [0.25, 0.3) is 5.56 Å². The highest BCUT2D eigenvalue weighted by Gasteiger charge is 2.14. The van der Waals surface area contributed by atoms with Crippen LogP contribution in [0.3, 0.4) is 0 Å². The summed E-state index contributed by atoms with van der Waals surface area (Å²) in [5, 5.41) is 5.62. The maximum Gasteiger partial charge on any atom is 0.261 e. The van der Waals surface area contributed by atoms with Gasteiger partial charge in [0.1, 0.15) is 12.3 Å². The highest BCUT2D eigenvalue weighted by Crippen LogP contribution is 2.30. The summed E-state index contributed by atoms with van der Waals surface area (Å²) in [5.74, 6) is 0.521. The molecular weight excluding hydrogens is 404 g/mol. The summed E-state index contributed by atoms with van der Waals surface area (Å²) in [7, 11) is 4.42. The van der Waals surface area contributed by atoms with Crippen LogP contribution >= 0.6 is 0 Å². The Balaban J connectivity index is 1.87. The maximum absolute atomic E-state index is 12.9. The number of benzene rings is 2. The normalized spacial score (nSPS) is 10.5. The topological polar surface area (TPSA) is 121 Å². The lowest BCUT2D eigenvalue weighted by Crippen LogP contribution is -2.28. The van der Waals surface area contributed by atoms with Gasteiger partial charge in [0, 0.05) is 18.7 Å². The fraction of sp³-hybridized carbons (Fsp3) is 0.238. The van der Waals surface area contributed by atoms with Crippen molar-refractivity contribution in [3.8, 4) is 17.2 Å². The molecule has 0 fully saturated rings. The largest absolute Gasteiger partial charge is 0.495 e. The molecule has 0 unspecified atom stereocenters. The van der Waals surface area contributed by atoms with E-state index in [1.807, 2.05) is 0 Å². The molecule has 3 rings (SSSR count). The van der Waals surface area contributed by atoms with Crippen molar-refractivity contribution in [2.75, 3.05) is 32.0 Å². The van der Waals surface area contributed by atoms with Gasteiger partial charge < -0.3 is 24.8 Å². The van der Waals surface area contributed by atoms with Gasteiger partial charge in [-0.1, -0.05) is 0 Å². The number of aromatic nitrogens is 2. The predicted molar refractivity (Wildman–Crippen MR) is 115 cm³/mol. The average Bonchev–Trinajstić information content (AvgIpc) is 2.74. The van der Waals surface area contributed by atoms with E-state index in [-0.39, 0.29) is 17.8 Å². The third kappa shape index (κ3) is 4.74. The number of carbonyl (C=O) groups is 2. The molecular formula is C21H22N4O6. The quantitative estimate of drug-likeness (QED) is 0.593. The molecule has 0 radical (unpaired) electrons. The third-order valence-corrected chi connectivity index (χ3v) is 4.44. The standard InChI is InChI=1S/C21H22N4O6/c1-12(26)23-13-5-6-17(29-2)16(7-13)24-20(27)10-25-11-22-15-9-19(31-4)18(30-3)8-14(15)21(25)28/h5-9,11H,10H2,1-4H3,(H,23,26)(H,24,27). The van der Waals surface area contributed by atoms with Crippen LogP contribution < -0.4 is 30.4 Å². The number of amides is 2. The second kappa shape index (κ2) is 9.16. The van der Waals surface area contributed by atoms with Crippen LogP contribution in [0.5, 0.6) is 17.2 Å². The van der Waals surface area contributed by atoms with E-state index in [4.69, 9.17) is 14.2 Å².